The predicted octanol–water partition coefficient (Wildman–Crippen LogP) is 1.43. The maximum absolute atomic E-state index is 5.35. The number of ether oxygens (including phenoxy) is 2. The summed E-state index contributed by atoms with van der Waals surface area (Å²) in [5.74, 6) is 0.953. The highest BCUT2D eigenvalue weighted by atomic mass is 16.5. The summed E-state index contributed by atoms with van der Waals surface area (Å²) in [5.41, 5.74) is 1.05. The molecule has 1 aliphatic rings. The Hall–Kier alpha value is -1.07. The van der Waals surface area contributed by atoms with E-state index in [-0.39, 0.29) is 0 Å². The highest BCUT2D eigenvalue weighted by molar-refractivity contribution is 5.30. The van der Waals surface area contributed by atoms with Crippen LogP contribution < -0.4 is 5.32 Å². The summed E-state index contributed by atoms with van der Waals surface area (Å²) in [6.07, 6.45) is 4.14. The zero-order chi connectivity index (χ0) is 12.1. The molecule has 5 heteroatoms. The van der Waals surface area contributed by atoms with Crippen molar-refractivity contribution in [1.29, 1.82) is 0 Å². The average Bonchev–Trinajstić information content (AvgIpc) is 2.90. The number of nitrogens with zero attached hydrogens (tertiary/aromatic N) is 2. The summed E-state index contributed by atoms with van der Waals surface area (Å²) < 4.78 is 12.6. The summed E-state index contributed by atoms with van der Waals surface area (Å²) in [5, 5.41) is 3.44. The maximum atomic E-state index is 5.35. The Morgan fingerprint density at radius 1 is 1.65 bits per heavy atom. The van der Waals surface area contributed by atoms with E-state index in [4.69, 9.17) is 9.47 Å². The first-order valence-corrected chi connectivity index (χ1v) is 6.16. The van der Waals surface area contributed by atoms with Crippen LogP contribution in [0.15, 0.2) is 6.20 Å². The third-order valence-corrected chi connectivity index (χ3v) is 2.91. The molecule has 1 aromatic rings. The van der Waals surface area contributed by atoms with Gasteiger partial charge in [0.15, 0.2) is 0 Å². The monoisotopic (exact) mass is 239 g/mol. The van der Waals surface area contributed by atoms with E-state index in [0.29, 0.717) is 6.04 Å². The molecule has 0 aliphatic carbocycles. The summed E-state index contributed by atoms with van der Waals surface area (Å²) in [6, 6.07) is 0.401. The van der Waals surface area contributed by atoms with Gasteiger partial charge in [-0.05, 0) is 19.8 Å². The van der Waals surface area contributed by atoms with Gasteiger partial charge in [-0.25, -0.2) is 4.98 Å². The SMILES string of the molecule is COCCCn1cc(C)nc1NC1CCOC1. The van der Waals surface area contributed by atoms with Crippen molar-refractivity contribution < 1.29 is 9.47 Å². The van der Waals surface area contributed by atoms with Crippen molar-refractivity contribution in [3.63, 3.8) is 0 Å². The number of aryl methyl sites for hydroxylation is 2. The molecule has 1 aromatic heterocycles. The second-order valence-electron chi connectivity index (χ2n) is 4.45. The number of hydrogen-bond acceptors (Lipinski definition) is 4. The van der Waals surface area contributed by atoms with Crippen molar-refractivity contribution in [1.82, 2.24) is 9.55 Å². The maximum Gasteiger partial charge on any atom is 0.203 e. The highest BCUT2D eigenvalue weighted by Crippen LogP contribution is 2.14. The summed E-state index contributed by atoms with van der Waals surface area (Å²) in [4.78, 5) is 4.51. The fourth-order valence-corrected chi connectivity index (χ4v) is 2.04. The van der Waals surface area contributed by atoms with Crippen LogP contribution in [0.5, 0.6) is 0 Å². The Morgan fingerprint density at radius 3 is 3.24 bits per heavy atom. The minimum Gasteiger partial charge on any atom is -0.385 e. The minimum atomic E-state index is 0.401. The lowest BCUT2D eigenvalue weighted by Gasteiger charge is -2.13. The molecule has 0 amide bonds. The van der Waals surface area contributed by atoms with Gasteiger partial charge in [-0.3, -0.25) is 0 Å². The van der Waals surface area contributed by atoms with Crippen molar-refractivity contribution in [3.05, 3.63) is 11.9 Å². The second kappa shape index (κ2) is 6.02. The molecule has 0 spiro atoms. The van der Waals surface area contributed by atoms with E-state index in [1.54, 1.807) is 7.11 Å². The molecule has 1 atom stereocenters. The number of rotatable bonds is 6. The minimum absolute atomic E-state index is 0.401. The van der Waals surface area contributed by atoms with Gasteiger partial charge in [-0.15, -0.1) is 0 Å². The van der Waals surface area contributed by atoms with Crippen molar-refractivity contribution in [3.8, 4) is 0 Å². The summed E-state index contributed by atoms with van der Waals surface area (Å²) >= 11 is 0. The molecule has 1 unspecified atom stereocenters. The van der Waals surface area contributed by atoms with E-state index >= 15 is 0 Å². The van der Waals surface area contributed by atoms with Gasteiger partial charge in [0, 0.05) is 33.1 Å². The van der Waals surface area contributed by atoms with Gasteiger partial charge in [0.2, 0.25) is 5.95 Å². The molecule has 1 aliphatic heterocycles. The van der Waals surface area contributed by atoms with E-state index in [2.05, 4.69) is 21.1 Å². The zero-order valence-electron chi connectivity index (χ0n) is 10.6. The van der Waals surface area contributed by atoms with Crippen molar-refractivity contribution in [2.45, 2.75) is 32.4 Å². The Morgan fingerprint density at radius 2 is 2.53 bits per heavy atom. The van der Waals surface area contributed by atoms with Crippen LogP contribution >= 0.6 is 0 Å². The molecule has 1 saturated heterocycles. The van der Waals surface area contributed by atoms with Crippen LogP contribution in [0.1, 0.15) is 18.5 Å². The Balaban J connectivity index is 1.94. The number of nitrogens with one attached hydrogen (secondary N) is 1. The van der Waals surface area contributed by atoms with E-state index in [1.807, 2.05) is 6.92 Å². The van der Waals surface area contributed by atoms with E-state index in [0.717, 1.165) is 50.8 Å². The first-order chi connectivity index (χ1) is 8.29. The van der Waals surface area contributed by atoms with Crippen LogP contribution in [-0.4, -0.2) is 42.5 Å². The summed E-state index contributed by atoms with van der Waals surface area (Å²) in [6.45, 7) is 5.36. The van der Waals surface area contributed by atoms with Gasteiger partial charge in [0.1, 0.15) is 0 Å². The first kappa shape index (κ1) is 12.4. The fourth-order valence-electron chi connectivity index (χ4n) is 2.04. The van der Waals surface area contributed by atoms with Gasteiger partial charge < -0.3 is 19.4 Å². The lowest BCUT2D eigenvalue weighted by molar-refractivity contribution is 0.190. The van der Waals surface area contributed by atoms with E-state index in [9.17, 15) is 0 Å². The Bertz CT molecular complexity index is 346. The largest absolute Gasteiger partial charge is 0.385 e. The topological polar surface area (TPSA) is 48.3 Å². The van der Waals surface area contributed by atoms with E-state index < -0.39 is 0 Å². The molecule has 1 fully saturated rings. The lowest BCUT2D eigenvalue weighted by Crippen LogP contribution is -2.21. The number of hydrogen-bond donors (Lipinski definition) is 1. The van der Waals surface area contributed by atoms with E-state index in [1.165, 1.54) is 0 Å². The highest BCUT2D eigenvalue weighted by Gasteiger charge is 2.17. The molecule has 2 rings (SSSR count). The smallest absolute Gasteiger partial charge is 0.203 e. The van der Waals surface area contributed by atoms with Gasteiger partial charge in [-0.2, -0.15) is 0 Å². The van der Waals surface area contributed by atoms with Crippen molar-refractivity contribution >= 4 is 5.95 Å². The molecular weight excluding hydrogens is 218 g/mol. The molecule has 0 bridgehead atoms. The molecule has 0 radical (unpaired) electrons. The molecule has 0 aromatic carbocycles. The Labute approximate surface area is 102 Å². The molecule has 17 heavy (non-hydrogen) atoms. The van der Waals surface area contributed by atoms with Gasteiger partial charge in [0.25, 0.3) is 0 Å². The van der Waals surface area contributed by atoms with Crippen LogP contribution in [-0.2, 0) is 16.0 Å². The van der Waals surface area contributed by atoms with Crippen LogP contribution in [0, 0.1) is 6.92 Å². The number of aromatic nitrogens is 2. The third kappa shape index (κ3) is 3.44. The van der Waals surface area contributed by atoms with Gasteiger partial charge in [-0.1, -0.05) is 0 Å². The molecule has 1 N–H and O–H groups in total. The van der Waals surface area contributed by atoms with Gasteiger partial charge >= 0.3 is 0 Å². The molecule has 0 saturated carbocycles. The first-order valence-electron chi connectivity index (χ1n) is 6.16. The molecule has 2 heterocycles. The van der Waals surface area contributed by atoms with Crippen LogP contribution in [0.2, 0.25) is 0 Å². The van der Waals surface area contributed by atoms with Crippen LogP contribution in [0.3, 0.4) is 0 Å². The predicted molar refractivity (Wildman–Crippen MR) is 66.3 cm³/mol. The fraction of sp³-hybridized carbons (Fsp3) is 0.750. The standard InChI is InChI=1S/C12H21N3O2/c1-10-8-15(5-3-6-16-2)12(13-10)14-11-4-7-17-9-11/h8,11H,3-7,9H2,1-2H3,(H,13,14). The quantitative estimate of drug-likeness (QED) is 0.763. The summed E-state index contributed by atoms with van der Waals surface area (Å²) in [7, 11) is 1.73. The lowest BCUT2D eigenvalue weighted by atomic mass is 10.3. The Kier molecular flexibility index (Phi) is 4.39. The normalized spacial score (nSPS) is 19.8. The zero-order valence-corrected chi connectivity index (χ0v) is 10.6. The van der Waals surface area contributed by atoms with Gasteiger partial charge in [0.05, 0.1) is 18.3 Å². The van der Waals surface area contributed by atoms with Crippen molar-refractivity contribution in [2.75, 3.05) is 32.2 Å². The van der Waals surface area contributed by atoms with Crippen LogP contribution in [0.25, 0.3) is 0 Å². The van der Waals surface area contributed by atoms with Crippen LogP contribution in [0.4, 0.5) is 5.95 Å². The average molecular weight is 239 g/mol. The molecular formula is C12H21N3O2. The molecule has 96 valence electrons. The third-order valence-electron chi connectivity index (χ3n) is 2.91. The number of imidazole rings is 1. The van der Waals surface area contributed by atoms with Crippen molar-refractivity contribution in [2.24, 2.45) is 0 Å². The number of anilines is 1. The number of methoxy groups -OCH3 is 1. The second-order valence-corrected chi connectivity index (χ2v) is 4.45. The molecule has 5 nitrogen and oxygen atoms in total.